The van der Waals surface area contributed by atoms with Gasteiger partial charge in [0, 0.05) is 16.4 Å². The monoisotopic (exact) mass is 358 g/mol. The number of anilines is 1. The number of benzene rings is 2. The lowest BCUT2D eigenvalue weighted by atomic mass is 10.3. The second-order valence-corrected chi connectivity index (χ2v) is 6.82. The molecule has 24 heavy (non-hydrogen) atoms. The molecular weight excluding hydrogens is 344 g/mol. The first kappa shape index (κ1) is 16.5. The number of aromatic nitrogens is 3. The summed E-state index contributed by atoms with van der Waals surface area (Å²) in [6.45, 7) is 1.83. The number of thioether (sulfide) groups is 1. The van der Waals surface area contributed by atoms with Crippen LogP contribution in [0.2, 0.25) is 5.02 Å². The summed E-state index contributed by atoms with van der Waals surface area (Å²) in [5, 5.41) is 11.9. The summed E-state index contributed by atoms with van der Waals surface area (Å²) < 4.78 is 1.86. The Labute approximate surface area is 149 Å². The normalized spacial score (nSPS) is 11.9. The highest BCUT2D eigenvalue weighted by Crippen LogP contribution is 2.25. The van der Waals surface area contributed by atoms with Crippen molar-refractivity contribution in [3.05, 3.63) is 65.9 Å². The van der Waals surface area contributed by atoms with Gasteiger partial charge in [0.05, 0.1) is 5.25 Å². The predicted molar refractivity (Wildman–Crippen MR) is 96.8 cm³/mol. The van der Waals surface area contributed by atoms with Crippen molar-refractivity contribution in [2.75, 3.05) is 5.32 Å². The van der Waals surface area contributed by atoms with Crippen molar-refractivity contribution in [3.63, 3.8) is 0 Å². The third-order valence-electron chi connectivity index (χ3n) is 3.31. The maximum absolute atomic E-state index is 12.3. The summed E-state index contributed by atoms with van der Waals surface area (Å²) in [5.41, 5.74) is 1.66. The van der Waals surface area contributed by atoms with Crippen LogP contribution in [0.5, 0.6) is 0 Å². The molecule has 0 aliphatic carbocycles. The van der Waals surface area contributed by atoms with E-state index in [9.17, 15) is 4.79 Å². The Balaban J connectivity index is 1.69. The van der Waals surface area contributed by atoms with Crippen LogP contribution in [0, 0.1) is 0 Å². The van der Waals surface area contributed by atoms with Crippen LogP contribution < -0.4 is 5.32 Å². The number of hydrogen-bond acceptors (Lipinski definition) is 4. The van der Waals surface area contributed by atoms with E-state index in [0.717, 1.165) is 5.69 Å². The van der Waals surface area contributed by atoms with Crippen LogP contribution >= 0.6 is 23.4 Å². The van der Waals surface area contributed by atoms with Gasteiger partial charge in [0.25, 0.3) is 0 Å². The van der Waals surface area contributed by atoms with Gasteiger partial charge in [0.1, 0.15) is 6.33 Å². The van der Waals surface area contributed by atoms with Gasteiger partial charge < -0.3 is 5.32 Å². The molecule has 2 aromatic carbocycles. The minimum Gasteiger partial charge on any atom is -0.325 e. The van der Waals surface area contributed by atoms with Gasteiger partial charge in [-0.1, -0.05) is 41.6 Å². The lowest BCUT2D eigenvalue weighted by molar-refractivity contribution is -0.115. The maximum Gasteiger partial charge on any atom is 0.237 e. The highest BCUT2D eigenvalue weighted by Gasteiger charge is 2.18. The number of carbonyl (C=O) groups is 1. The van der Waals surface area contributed by atoms with Gasteiger partial charge in [0.15, 0.2) is 5.16 Å². The Morgan fingerprint density at radius 1 is 1.17 bits per heavy atom. The van der Waals surface area contributed by atoms with Crippen LogP contribution in [0.1, 0.15) is 6.92 Å². The van der Waals surface area contributed by atoms with E-state index in [2.05, 4.69) is 15.5 Å². The van der Waals surface area contributed by atoms with E-state index in [-0.39, 0.29) is 11.2 Å². The molecule has 1 N–H and O–H groups in total. The molecule has 0 bridgehead atoms. The highest BCUT2D eigenvalue weighted by molar-refractivity contribution is 8.00. The average molecular weight is 359 g/mol. The lowest BCUT2D eigenvalue weighted by Crippen LogP contribution is -2.22. The fourth-order valence-electron chi connectivity index (χ4n) is 2.06. The molecule has 1 atom stereocenters. The zero-order valence-corrected chi connectivity index (χ0v) is 14.5. The van der Waals surface area contributed by atoms with Crippen LogP contribution in [0.15, 0.2) is 66.1 Å². The SMILES string of the molecule is CC(Sc1nncn1-c1ccccc1)C(=O)Nc1ccc(Cl)cc1. The van der Waals surface area contributed by atoms with Crippen LogP contribution in [0.3, 0.4) is 0 Å². The fourth-order valence-corrected chi connectivity index (χ4v) is 3.03. The Bertz CT molecular complexity index is 820. The molecule has 122 valence electrons. The van der Waals surface area contributed by atoms with E-state index >= 15 is 0 Å². The molecule has 1 amide bonds. The number of halogens is 1. The van der Waals surface area contributed by atoms with Crippen molar-refractivity contribution in [1.82, 2.24) is 14.8 Å². The smallest absolute Gasteiger partial charge is 0.237 e. The van der Waals surface area contributed by atoms with Crippen molar-refractivity contribution in [2.24, 2.45) is 0 Å². The number of para-hydroxylation sites is 1. The number of rotatable bonds is 5. The van der Waals surface area contributed by atoms with E-state index < -0.39 is 0 Å². The summed E-state index contributed by atoms with van der Waals surface area (Å²) in [5.74, 6) is -0.107. The molecule has 1 unspecified atom stereocenters. The van der Waals surface area contributed by atoms with Gasteiger partial charge in [-0.25, -0.2) is 0 Å². The first-order valence-electron chi connectivity index (χ1n) is 7.32. The van der Waals surface area contributed by atoms with Crippen molar-refractivity contribution in [1.29, 1.82) is 0 Å². The largest absolute Gasteiger partial charge is 0.325 e. The molecular formula is C17H15ClN4OS. The average Bonchev–Trinajstić information content (AvgIpc) is 3.05. The van der Waals surface area contributed by atoms with Gasteiger partial charge in [0.2, 0.25) is 5.91 Å². The summed E-state index contributed by atoms with van der Waals surface area (Å²) >= 11 is 7.20. The Hall–Kier alpha value is -2.31. The number of hydrogen-bond donors (Lipinski definition) is 1. The highest BCUT2D eigenvalue weighted by atomic mass is 35.5. The van der Waals surface area contributed by atoms with E-state index in [4.69, 9.17) is 11.6 Å². The molecule has 0 saturated heterocycles. The van der Waals surface area contributed by atoms with Gasteiger partial charge in [-0.05, 0) is 43.3 Å². The molecule has 0 radical (unpaired) electrons. The van der Waals surface area contributed by atoms with Crippen molar-refractivity contribution < 1.29 is 4.79 Å². The number of nitrogens with zero attached hydrogens (tertiary/aromatic N) is 3. The molecule has 0 aliphatic heterocycles. The van der Waals surface area contributed by atoms with E-state index in [1.807, 2.05) is 41.8 Å². The molecule has 0 saturated carbocycles. The van der Waals surface area contributed by atoms with Crippen molar-refractivity contribution in [3.8, 4) is 5.69 Å². The van der Waals surface area contributed by atoms with Crippen molar-refractivity contribution >= 4 is 35.0 Å². The molecule has 3 rings (SSSR count). The first-order valence-corrected chi connectivity index (χ1v) is 8.58. The van der Waals surface area contributed by atoms with E-state index in [0.29, 0.717) is 15.9 Å². The minimum absolute atomic E-state index is 0.107. The fraction of sp³-hybridized carbons (Fsp3) is 0.118. The predicted octanol–water partition coefficient (Wildman–Crippen LogP) is 4.04. The molecule has 1 heterocycles. The molecule has 0 aliphatic rings. The molecule has 1 aromatic heterocycles. The molecule has 0 spiro atoms. The first-order chi connectivity index (χ1) is 11.6. The van der Waals surface area contributed by atoms with Gasteiger partial charge in [-0.2, -0.15) is 0 Å². The van der Waals surface area contributed by atoms with Crippen molar-refractivity contribution in [2.45, 2.75) is 17.3 Å². The second kappa shape index (κ2) is 7.51. The van der Waals surface area contributed by atoms with Crippen LogP contribution in [-0.4, -0.2) is 25.9 Å². The molecule has 7 heteroatoms. The summed E-state index contributed by atoms with van der Waals surface area (Å²) in [7, 11) is 0. The zero-order chi connectivity index (χ0) is 16.9. The Morgan fingerprint density at radius 2 is 1.88 bits per heavy atom. The molecule has 0 fully saturated rings. The standard InChI is InChI=1S/C17H15ClN4OS/c1-12(16(23)20-14-9-7-13(18)8-10-14)24-17-21-19-11-22(17)15-5-3-2-4-6-15/h2-12H,1H3,(H,20,23). The Kier molecular flexibility index (Phi) is 5.17. The van der Waals surface area contributed by atoms with Gasteiger partial charge >= 0.3 is 0 Å². The van der Waals surface area contributed by atoms with Gasteiger partial charge in [-0.3, -0.25) is 9.36 Å². The van der Waals surface area contributed by atoms with Crippen LogP contribution in [0.4, 0.5) is 5.69 Å². The lowest BCUT2D eigenvalue weighted by Gasteiger charge is -2.12. The third kappa shape index (κ3) is 3.96. The summed E-state index contributed by atoms with van der Waals surface area (Å²) in [6, 6.07) is 16.8. The Morgan fingerprint density at radius 3 is 2.58 bits per heavy atom. The second-order valence-electron chi connectivity index (χ2n) is 5.08. The number of carbonyl (C=O) groups excluding carboxylic acids is 1. The summed E-state index contributed by atoms with van der Waals surface area (Å²) in [6.07, 6.45) is 1.64. The topological polar surface area (TPSA) is 59.8 Å². The molecule has 3 aromatic rings. The zero-order valence-electron chi connectivity index (χ0n) is 12.9. The summed E-state index contributed by atoms with van der Waals surface area (Å²) in [4.78, 5) is 12.3. The van der Waals surface area contributed by atoms with Crippen LogP contribution in [0.25, 0.3) is 5.69 Å². The number of amides is 1. The molecule has 5 nitrogen and oxygen atoms in total. The third-order valence-corrected chi connectivity index (χ3v) is 4.62. The maximum atomic E-state index is 12.3. The number of nitrogens with one attached hydrogen (secondary N) is 1. The van der Waals surface area contributed by atoms with Crippen LogP contribution in [-0.2, 0) is 4.79 Å². The quantitative estimate of drug-likeness (QED) is 0.699. The van der Waals surface area contributed by atoms with E-state index in [1.165, 1.54) is 11.8 Å². The van der Waals surface area contributed by atoms with E-state index in [1.54, 1.807) is 30.6 Å². The minimum atomic E-state index is -0.327. The van der Waals surface area contributed by atoms with Gasteiger partial charge in [-0.15, -0.1) is 10.2 Å².